The number of carbonyl (C=O) groups excluding carboxylic acids is 1. The summed E-state index contributed by atoms with van der Waals surface area (Å²) >= 11 is 0. The molecule has 0 radical (unpaired) electrons. The van der Waals surface area contributed by atoms with Crippen LogP contribution >= 0.6 is 0 Å². The van der Waals surface area contributed by atoms with Crippen LogP contribution < -0.4 is 0 Å². The van der Waals surface area contributed by atoms with Crippen LogP contribution in [-0.2, 0) is 16.1 Å². The summed E-state index contributed by atoms with van der Waals surface area (Å²) in [7, 11) is 0. The fourth-order valence-corrected chi connectivity index (χ4v) is 1.55. The molecule has 0 atom stereocenters. The number of amides is 1. The van der Waals surface area contributed by atoms with E-state index < -0.39 is 0 Å². The topological polar surface area (TPSA) is 42.4 Å². The Hall–Kier alpha value is -1.42. The van der Waals surface area contributed by atoms with Gasteiger partial charge in [-0.05, 0) is 39.8 Å². The molecule has 4 heteroatoms. The molecule has 0 fully saturated rings. The third-order valence-corrected chi connectivity index (χ3v) is 2.54. The summed E-state index contributed by atoms with van der Waals surface area (Å²) in [5.74, 6) is 0.00403. The first-order valence-corrected chi connectivity index (χ1v) is 6.31. The normalized spacial score (nSPS) is 11.0. The third-order valence-electron chi connectivity index (χ3n) is 2.54. The van der Waals surface area contributed by atoms with E-state index in [9.17, 15) is 4.79 Å². The Morgan fingerprint density at radius 3 is 2.56 bits per heavy atom. The fraction of sp³-hybridized carbons (Fsp3) is 0.571. The van der Waals surface area contributed by atoms with E-state index >= 15 is 0 Å². The Bertz CT molecular complexity index is 363. The van der Waals surface area contributed by atoms with Gasteiger partial charge < -0.3 is 9.64 Å². The van der Waals surface area contributed by atoms with Crippen LogP contribution in [0.1, 0.15) is 33.4 Å². The summed E-state index contributed by atoms with van der Waals surface area (Å²) in [5, 5.41) is 0. The minimum absolute atomic E-state index is 0.00403. The molecule has 0 unspecified atom stereocenters. The van der Waals surface area contributed by atoms with Crippen molar-refractivity contribution in [1.29, 1.82) is 0 Å². The molecule has 1 aromatic rings. The van der Waals surface area contributed by atoms with E-state index in [4.69, 9.17) is 4.74 Å². The Labute approximate surface area is 109 Å². The van der Waals surface area contributed by atoms with E-state index in [2.05, 4.69) is 4.98 Å². The second kappa shape index (κ2) is 7.11. The van der Waals surface area contributed by atoms with Crippen LogP contribution in [-0.4, -0.2) is 34.5 Å². The molecule has 0 saturated heterocycles. The van der Waals surface area contributed by atoms with Crippen molar-refractivity contribution in [2.24, 2.45) is 0 Å². The summed E-state index contributed by atoms with van der Waals surface area (Å²) in [6.07, 6.45) is 1.81. The SMILES string of the molecule is CC(C)OCC(=O)N(Cc1ccccn1)C(C)C. The molecule has 0 aliphatic rings. The lowest BCUT2D eigenvalue weighted by Crippen LogP contribution is -2.39. The first-order chi connectivity index (χ1) is 8.50. The van der Waals surface area contributed by atoms with Gasteiger partial charge in [0.25, 0.3) is 0 Å². The molecule has 1 rings (SSSR count). The van der Waals surface area contributed by atoms with Gasteiger partial charge in [-0.1, -0.05) is 6.07 Å². The van der Waals surface area contributed by atoms with Gasteiger partial charge in [0, 0.05) is 12.2 Å². The molecule has 0 aliphatic carbocycles. The number of ether oxygens (including phenoxy) is 1. The largest absolute Gasteiger partial charge is 0.369 e. The lowest BCUT2D eigenvalue weighted by molar-refractivity contribution is -0.140. The molecule has 0 aliphatic heterocycles. The predicted molar refractivity (Wildman–Crippen MR) is 71.0 cm³/mol. The third kappa shape index (κ3) is 4.84. The lowest BCUT2D eigenvalue weighted by atomic mass is 10.2. The van der Waals surface area contributed by atoms with Gasteiger partial charge in [-0.25, -0.2) is 0 Å². The molecule has 1 amide bonds. The van der Waals surface area contributed by atoms with Crippen molar-refractivity contribution in [3.05, 3.63) is 30.1 Å². The van der Waals surface area contributed by atoms with Crippen molar-refractivity contribution in [2.45, 2.75) is 46.4 Å². The smallest absolute Gasteiger partial charge is 0.249 e. The highest BCUT2D eigenvalue weighted by molar-refractivity contribution is 5.77. The summed E-state index contributed by atoms with van der Waals surface area (Å²) in [6, 6.07) is 5.85. The number of carbonyl (C=O) groups is 1. The molecule has 0 aromatic carbocycles. The van der Waals surface area contributed by atoms with Crippen LogP contribution in [0, 0.1) is 0 Å². The molecule has 4 nitrogen and oxygen atoms in total. The van der Waals surface area contributed by atoms with E-state index in [1.165, 1.54) is 0 Å². The molecule has 100 valence electrons. The van der Waals surface area contributed by atoms with Crippen LogP contribution in [0.2, 0.25) is 0 Å². The van der Waals surface area contributed by atoms with Crippen LogP contribution in [0.5, 0.6) is 0 Å². The summed E-state index contributed by atoms with van der Waals surface area (Å²) in [5.41, 5.74) is 0.893. The maximum atomic E-state index is 12.1. The second-order valence-electron chi connectivity index (χ2n) is 4.80. The Morgan fingerprint density at radius 1 is 1.33 bits per heavy atom. The fourth-order valence-electron chi connectivity index (χ4n) is 1.55. The Balaban J connectivity index is 2.62. The molecule has 1 heterocycles. The van der Waals surface area contributed by atoms with Gasteiger partial charge in [-0.15, -0.1) is 0 Å². The first kappa shape index (κ1) is 14.6. The molecule has 0 saturated carbocycles. The molecule has 0 N–H and O–H groups in total. The average Bonchev–Trinajstić information content (AvgIpc) is 2.34. The summed E-state index contributed by atoms with van der Waals surface area (Å²) in [4.78, 5) is 18.1. The van der Waals surface area contributed by atoms with Crippen molar-refractivity contribution >= 4 is 5.91 Å². The summed E-state index contributed by atoms with van der Waals surface area (Å²) in [6.45, 7) is 8.49. The number of hydrogen-bond donors (Lipinski definition) is 0. The van der Waals surface area contributed by atoms with E-state index in [1.54, 1.807) is 11.1 Å². The van der Waals surface area contributed by atoms with Crippen LogP contribution in [0.4, 0.5) is 0 Å². The molecule has 1 aromatic heterocycles. The minimum atomic E-state index is 0.00403. The number of rotatable bonds is 6. The second-order valence-corrected chi connectivity index (χ2v) is 4.80. The molecule has 0 bridgehead atoms. The van der Waals surface area contributed by atoms with Gasteiger partial charge in [-0.2, -0.15) is 0 Å². The molecular weight excluding hydrogens is 228 g/mol. The lowest BCUT2D eigenvalue weighted by Gasteiger charge is -2.26. The molecule has 0 spiro atoms. The number of pyridine rings is 1. The van der Waals surface area contributed by atoms with E-state index in [-0.39, 0.29) is 24.7 Å². The standard InChI is InChI=1S/C14H22N2O2/c1-11(2)16(14(17)10-18-12(3)4)9-13-7-5-6-8-15-13/h5-8,11-12H,9-10H2,1-4H3. The number of nitrogens with zero attached hydrogens (tertiary/aromatic N) is 2. The highest BCUT2D eigenvalue weighted by Gasteiger charge is 2.18. The zero-order chi connectivity index (χ0) is 13.5. The zero-order valence-electron chi connectivity index (χ0n) is 11.6. The highest BCUT2D eigenvalue weighted by atomic mass is 16.5. The van der Waals surface area contributed by atoms with E-state index in [1.807, 2.05) is 45.9 Å². The van der Waals surface area contributed by atoms with Crippen LogP contribution in [0.25, 0.3) is 0 Å². The van der Waals surface area contributed by atoms with Gasteiger partial charge >= 0.3 is 0 Å². The Kier molecular flexibility index (Phi) is 5.78. The monoisotopic (exact) mass is 250 g/mol. The maximum absolute atomic E-state index is 12.1. The van der Waals surface area contributed by atoms with Gasteiger partial charge in [0.1, 0.15) is 6.61 Å². The van der Waals surface area contributed by atoms with Gasteiger partial charge in [0.15, 0.2) is 0 Å². The molecular formula is C14H22N2O2. The van der Waals surface area contributed by atoms with Crippen molar-refractivity contribution < 1.29 is 9.53 Å². The van der Waals surface area contributed by atoms with E-state index in [0.29, 0.717) is 6.54 Å². The van der Waals surface area contributed by atoms with Crippen LogP contribution in [0.15, 0.2) is 24.4 Å². The summed E-state index contributed by atoms with van der Waals surface area (Å²) < 4.78 is 5.36. The molecule has 18 heavy (non-hydrogen) atoms. The van der Waals surface area contributed by atoms with Gasteiger partial charge in [0.2, 0.25) is 5.91 Å². The van der Waals surface area contributed by atoms with Crippen molar-refractivity contribution in [3.8, 4) is 0 Å². The van der Waals surface area contributed by atoms with Crippen molar-refractivity contribution in [1.82, 2.24) is 9.88 Å². The maximum Gasteiger partial charge on any atom is 0.249 e. The van der Waals surface area contributed by atoms with Crippen molar-refractivity contribution in [2.75, 3.05) is 6.61 Å². The van der Waals surface area contributed by atoms with Crippen molar-refractivity contribution in [3.63, 3.8) is 0 Å². The Morgan fingerprint density at radius 2 is 2.06 bits per heavy atom. The van der Waals surface area contributed by atoms with Gasteiger partial charge in [0.05, 0.1) is 18.3 Å². The predicted octanol–water partition coefficient (Wildman–Crippen LogP) is 2.24. The number of hydrogen-bond acceptors (Lipinski definition) is 3. The number of aromatic nitrogens is 1. The highest BCUT2D eigenvalue weighted by Crippen LogP contribution is 2.07. The van der Waals surface area contributed by atoms with Crippen LogP contribution in [0.3, 0.4) is 0 Å². The minimum Gasteiger partial charge on any atom is -0.369 e. The van der Waals surface area contributed by atoms with E-state index in [0.717, 1.165) is 5.69 Å². The first-order valence-electron chi connectivity index (χ1n) is 6.31. The average molecular weight is 250 g/mol. The van der Waals surface area contributed by atoms with Gasteiger partial charge in [-0.3, -0.25) is 9.78 Å². The quantitative estimate of drug-likeness (QED) is 0.777. The zero-order valence-corrected chi connectivity index (χ0v) is 11.6.